The number of nitrogens with one attached hydrogen (secondary N) is 1. The van der Waals surface area contributed by atoms with E-state index in [1.165, 1.54) is 25.3 Å². The van der Waals surface area contributed by atoms with Gasteiger partial charge in [0.05, 0.1) is 0 Å². The molecule has 1 saturated carbocycles. The molecule has 1 aromatic rings. The zero-order valence-electron chi connectivity index (χ0n) is 9.95. The fourth-order valence-electron chi connectivity index (χ4n) is 2.39. The average Bonchev–Trinajstić information content (AvgIpc) is 2.78. The zero-order valence-corrected chi connectivity index (χ0v) is 10.8. The van der Waals surface area contributed by atoms with Gasteiger partial charge in [0.2, 0.25) is 0 Å². The van der Waals surface area contributed by atoms with Crippen molar-refractivity contribution in [3.05, 3.63) is 29.6 Å². The lowest BCUT2D eigenvalue weighted by atomic mass is 10.1. The van der Waals surface area contributed by atoms with Crippen molar-refractivity contribution >= 4 is 11.8 Å². The highest BCUT2D eigenvalue weighted by Crippen LogP contribution is 2.29. The molecule has 0 aromatic heterocycles. The van der Waals surface area contributed by atoms with E-state index in [0.29, 0.717) is 23.4 Å². The van der Waals surface area contributed by atoms with Crippen LogP contribution in [0.4, 0.5) is 4.39 Å². The van der Waals surface area contributed by atoms with Crippen molar-refractivity contribution in [3.8, 4) is 5.75 Å². The number of phenols is 1. The Morgan fingerprint density at radius 2 is 2.29 bits per heavy atom. The zero-order chi connectivity index (χ0) is 12.3. The van der Waals surface area contributed by atoms with Gasteiger partial charge in [-0.1, -0.05) is 18.6 Å². The predicted octanol–water partition coefficient (Wildman–Crippen LogP) is 2.91. The van der Waals surface area contributed by atoms with Gasteiger partial charge in [0.25, 0.3) is 0 Å². The molecular weight excluding hydrogens is 237 g/mol. The maximum atomic E-state index is 13.1. The SMILES string of the molecule is CSC1CCCC1NCc1cccc(F)c1O. The van der Waals surface area contributed by atoms with Crippen LogP contribution in [0.5, 0.6) is 5.75 Å². The first kappa shape index (κ1) is 12.7. The Morgan fingerprint density at radius 1 is 1.47 bits per heavy atom. The van der Waals surface area contributed by atoms with Gasteiger partial charge in [-0.15, -0.1) is 0 Å². The maximum Gasteiger partial charge on any atom is 0.165 e. The van der Waals surface area contributed by atoms with E-state index in [0.717, 1.165) is 0 Å². The highest BCUT2D eigenvalue weighted by Gasteiger charge is 2.25. The molecule has 4 heteroatoms. The van der Waals surface area contributed by atoms with Gasteiger partial charge >= 0.3 is 0 Å². The first-order valence-electron chi connectivity index (χ1n) is 5.95. The van der Waals surface area contributed by atoms with E-state index in [9.17, 15) is 9.50 Å². The molecule has 0 radical (unpaired) electrons. The summed E-state index contributed by atoms with van der Waals surface area (Å²) in [5, 5.41) is 13.6. The Hall–Kier alpha value is -0.740. The highest BCUT2D eigenvalue weighted by molar-refractivity contribution is 7.99. The molecule has 0 amide bonds. The summed E-state index contributed by atoms with van der Waals surface area (Å²) in [5.41, 5.74) is 0.636. The molecule has 0 aliphatic heterocycles. The van der Waals surface area contributed by atoms with Gasteiger partial charge in [0.1, 0.15) is 0 Å². The van der Waals surface area contributed by atoms with Crippen LogP contribution in [0.2, 0.25) is 0 Å². The lowest BCUT2D eigenvalue weighted by Crippen LogP contribution is -2.33. The number of phenolic OH excluding ortho intramolecular Hbond substituents is 1. The number of thioether (sulfide) groups is 1. The maximum absolute atomic E-state index is 13.1. The second-order valence-corrected chi connectivity index (χ2v) is 5.52. The predicted molar refractivity (Wildman–Crippen MR) is 69.8 cm³/mol. The quantitative estimate of drug-likeness (QED) is 0.867. The lowest BCUT2D eigenvalue weighted by Gasteiger charge is -2.19. The van der Waals surface area contributed by atoms with Crippen molar-refractivity contribution in [2.24, 2.45) is 0 Å². The van der Waals surface area contributed by atoms with Gasteiger partial charge < -0.3 is 10.4 Å². The van der Waals surface area contributed by atoms with Crippen molar-refractivity contribution in [3.63, 3.8) is 0 Å². The third-order valence-corrected chi connectivity index (χ3v) is 4.55. The second-order valence-electron chi connectivity index (χ2n) is 4.44. The summed E-state index contributed by atoms with van der Waals surface area (Å²) in [6, 6.07) is 5.15. The van der Waals surface area contributed by atoms with Gasteiger partial charge in [0.15, 0.2) is 11.6 Å². The number of benzene rings is 1. The Balaban J connectivity index is 1.95. The fourth-order valence-corrected chi connectivity index (χ4v) is 3.35. The molecule has 94 valence electrons. The Labute approximate surface area is 106 Å². The number of halogens is 1. The number of aromatic hydroxyl groups is 1. The largest absolute Gasteiger partial charge is 0.505 e. The first-order chi connectivity index (χ1) is 8.22. The molecule has 17 heavy (non-hydrogen) atoms. The number of hydrogen-bond acceptors (Lipinski definition) is 3. The number of rotatable bonds is 4. The van der Waals surface area contributed by atoms with E-state index in [2.05, 4.69) is 11.6 Å². The molecule has 1 fully saturated rings. The molecule has 0 heterocycles. The van der Waals surface area contributed by atoms with Crippen LogP contribution in [0.3, 0.4) is 0 Å². The average molecular weight is 255 g/mol. The third kappa shape index (κ3) is 2.93. The minimum absolute atomic E-state index is 0.223. The van der Waals surface area contributed by atoms with E-state index in [-0.39, 0.29) is 5.75 Å². The summed E-state index contributed by atoms with van der Waals surface area (Å²) < 4.78 is 13.1. The van der Waals surface area contributed by atoms with Crippen LogP contribution in [0.15, 0.2) is 18.2 Å². The van der Waals surface area contributed by atoms with Crippen LogP contribution < -0.4 is 5.32 Å². The van der Waals surface area contributed by atoms with E-state index < -0.39 is 5.82 Å². The van der Waals surface area contributed by atoms with Gasteiger partial charge in [-0.05, 0) is 25.2 Å². The monoisotopic (exact) mass is 255 g/mol. The summed E-state index contributed by atoms with van der Waals surface area (Å²) in [5.74, 6) is -0.768. The standard InChI is InChI=1S/C13H18FNOS/c1-17-12-7-3-6-11(12)15-8-9-4-2-5-10(14)13(9)16/h2,4-5,11-12,15-16H,3,6-8H2,1H3. The van der Waals surface area contributed by atoms with Crippen LogP contribution >= 0.6 is 11.8 Å². The second kappa shape index (κ2) is 5.74. The molecule has 2 atom stereocenters. The van der Waals surface area contributed by atoms with Crippen LogP contribution in [0.1, 0.15) is 24.8 Å². The molecule has 0 saturated heterocycles. The van der Waals surface area contributed by atoms with Crippen LogP contribution in [-0.4, -0.2) is 22.7 Å². The molecule has 1 aliphatic rings. The van der Waals surface area contributed by atoms with Crippen molar-refractivity contribution in [2.45, 2.75) is 37.1 Å². The molecule has 1 aromatic carbocycles. The van der Waals surface area contributed by atoms with Crippen molar-refractivity contribution in [1.29, 1.82) is 0 Å². The highest BCUT2D eigenvalue weighted by atomic mass is 32.2. The Kier molecular flexibility index (Phi) is 4.29. The molecule has 2 nitrogen and oxygen atoms in total. The molecule has 2 rings (SSSR count). The van der Waals surface area contributed by atoms with E-state index in [1.54, 1.807) is 12.1 Å². The van der Waals surface area contributed by atoms with Gasteiger partial charge in [-0.25, -0.2) is 4.39 Å². The summed E-state index contributed by atoms with van der Waals surface area (Å²) in [6.07, 6.45) is 5.79. The van der Waals surface area contributed by atoms with Crippen molar-refractivity contribution in [1.82, 2.24) is 5.32 Å². The van der Waals surface area contributed by atoms with Crippen molar-refractivity contribution in [2.75, 3.05) is 6.26 Å². The normalized spacial score (nSPS) is 24.1. The molecule has 2 unspecified atom stereocenters. The Bertz CT molecular complexity index is 386. The third-order valence-electron chi connectivity index (χ3n) is 3.38. The van der Waals surface area contributed by atoms with Crippen LogP contribution in [0, 0.1) is 5.82 Å². The summed E-state index contributed by atoms with van der Waals surface area (Å²) >= 11 is 1.88. The Morgan fingerprint density at radius 3 is 3.06 bits per heavy atom. The molecule has 0 spiro atoms. The lowest BCUT2D eigenvalue weighted by molar-refractivity contribution is 0.419. The van der Waals surface area contributed by atoms with Crippen molar-refractivity contribution < 1.29 is 9.50 Å². The summed E-state index contributed by atoms with van der Waals surface area (Å²) in [7, 11) is 0. The molecule has 2 N–H and O–H groups in total. The fraction of sp³-hybridized carbons (Fsp3) is 0.538. The first-order valence-corrected chi connectivity index (χ1v) is 7.23. The minimum atomic E-state index is -0.544. The smallest absolute Gasteiger partial charge is 0.165 e. The summed E-state index contributed by atoms with van der Waals surface area (Å²) in [4.78, 5) is 0. The van der Waals surface area contributed by atoms with E-state index >= 15 is 0 Å². The topological polar surface area (TPSA) is 32.3 Å². The van der Waals surface area contributed by atoms with Crippen LogP contribution in [0.25, 0.3) is 0 Å². The van der Waals surface area contributed by atoms with E-state index in [1.807, 2.05) is 11.8 Å². The number of para-hydroxylation sites is 1. The summed E-state index contributed by atoms with van der Waals surface area (Å²) in [6.45, 7) is 0.533. The van der Waals surface area contributed by atoms with Gasteiger partial charge in [-0.3, -0.25) is 0 Å². The number of hydrogen-bond donors (Lipinski definition) is 2. The minimum Gasteiger partial charge on any atom is -0.505 e. The molecular formula is C13H18FNOS. The van der Waals surface area contributed by atoms with Crippen LogP contribution in [-0.2, 0) is 6.54 Å². The van der Waals surface area contributed by atoms with Gasteiger partial charge in [-0.2, -0.15) is 11.8 Å². The van der Waals surface area contributed by atoms with E-state index in [4.69, 9.17) is 0 Å². The molecule has 1 aliphatic carbocycles. The molecule has 0 bridgehead atoms. The van der Waals surface area contributed by atoms with Gasteiger partial charge in [0, 0.05) is 23.4 Å².